The number of anilines is 2. The van der Waals surface area contributed by atoms with Gasteiger partial charge < -0.3 is 11.1 Å². The van der Waals surface area contributed by atoms with E-state index in [9.17, 15) is 5.26 Å². The second-order valence-corrected chi connectivity index (χ2v) is 8.57. The highest BCUT2D eigenvalue weighted by molar-refractivity contribution is 5.74. The van der Waals surface area contributed by atoms with Crippen LogP contribution in [-0.4, -0.2) is 39.0 Å². The van der Waals surface area contributed by atoms with E-state index in [0.29, 0.717) is 17.1 Å². The van der Waals surface area contributed by atoms with Crippen molar-refractivity contribution in [2.24, 2.45) is 0 Å². The van der Waals surface area contributed by atoms with E-state index in [1.54, 1.807) is 0 Å². The van der Waals surface area contributed by atoms with Crippen molar-refractivity contribution in [1.82, 2.24) is 14.9 Å². The first-order valence-corrected chi connectivity index (χ1v) is 9.27. The number of benzene rings is 1. The second kappa shape index (κ2) is 6.82. The van der Waals surface area contributed by atoms with Crippen molar-refractivity contribution in [3.63, 3.8) is 0 Å². The summed E-state index contributed by atoms with van der Waals surface area (Å²) in [5, 5.41) is 13.3. The summed E-state index contributed by atoms with van der Waals surface area (Å²) in [6, 6.07) is 12.1. The lowest BCUT2D eigenvalue weighted by molar-refractivity contribution is -0.00772. The number of nitrogens with two attached hydrogens (primary N) is 1. The van der Waals surface area contributed by atoms with Crippen molar-refractivity contribution < 1.29 is 0 Å². The molecule has 0 atom stereocenters. The predicted molar refractivity (Wildman–Crippen MR) is 109 cm³/mol. The molecule has 1 saturated heterocycles. The quantitative estimate of drug-likeness (QED) is 0.864. The molecule has 1 aromatic carbocycles. The zero-order valence-electron chi connectivity index (χ0n) is 16.7. The summed E-state index contributed by atoms with van der Waals surface area (Å²) in [6.45, 7) is 8.99. The maximum atomic E-state index is 9.81. The van der Waals surface area contributed by atoms with Gasteiger partial charge in [0, 0.05) is 22.7 Å². The number of piperidine rings is 1. The lowest BCUT2D eigenvalue weighted by atomic mass is 9.77. The van der Waals surface area contributed by atoms with E-state index < -0.39 is 0 Å². The van der Waals surface area contributed by atoms with Crippen LogP contribution in [-0.2, 0) is 0 Å². The maximum absolute atomic E-state index is 9.81. The molecular weight excluding hydrogens is 336 g/mol. The van der Waals surface area contributed by atoms with Crippen LogP contribution in [0.15, 0.2) is 30.3 Å². The molecule has 27 heavy (non-hydrogen) atoms. The fraction of sp³-hybridized carbons (Fsp3) is 0.476. The third-order valence-electron chi connectivity index (χ3n) is 5.73. The van der Waals surface area contributed by atoms with E-state index in [2.05, 4.69) is 61.0 Å². The highest BCUT2D eigenvalue weighted by Gasteiger charge is 2.43. The Bertz CT molecular complexity index is 848. The van der Waals surface area contributed by atoms with Crippen LogP contribution in [0.3, 0.4) is 0 Å². The Hall–Kier alpha value is -2.65. The normalized spacial score (nSPS) is 19.4. The van der Waals surface area contributed by atoms with E-state index in [0.717, 1.165) is 18.4 Å². The number of rotatable bonds is 3. The summed E-state index contributed by atoms with van der Waals surface area (Å²) in [7, 11) is 2.17. The van der Waals surface area contributed by atoms with Crippen LogP contribution in [0.4, 0.5) is 11.8 Å². The van der Waals surface area contributed by atoms with Crippen molar-refractivity contribution in [2.75, 3.05) is 18.1 Å². The van der Waals surface area contributed by atoms with Crippen molar-refractivity contribution >= 4 is 11.8 Å². The monoisotopic (exact) mass is 364 g/mol. The molecule has 142 valence electrons. The fourth-order valence-electron chi connectivity index (χ4n) is 4.16. The van der Waals surface area contributed by atoms with Gasteiger partial charge in [-0.25, -0.2) is 4.98 Å². The number of hydrogen-bond acceptors (Lipinski definition) is 6. The maximum Gasteiger partial charge on any atom is 0.222 e. The molecule has 3 N–H and O–H groups in total. The Morgan fingerprint density at radius 3 is 2.26 bits per heavy atom. The molecule has 0 amide bonds. The Morgan fingerprint density at radius 1 is 1.11 bits per heavy atom. The Kier molecular flexibility index (Phi) is 4.83. The number of hydrogen-bond donors (Lipinski definition) is 2. The SMILES string of the molecule is CN1C(C)(C)CC(Nc2nc(N)nc(-c3ccccc3)c2C#N)CC1(C)C. The van der Waals surface area contributed by atoms with Crippen LogP contribution in [0, 0.1) is 11.3 Å². The van der Waals surface area contributed by atoms with Gasteiger partial charge in [-0.3, -0.25) is 4.90 Å². The largest absolute Gasteiger partial charge is 0.368 e. The highest BCUT2D eigenvalue weighted by atomic mass is 15.3. The lowest BCUT2D eigenvalue weighted by Gasteiger charge is -2.53. The Morgan fingerprint density at radius 2 is 1.70 bits per heavy atom. The standard InChI is InChI=1S/C21H28N6/c1-20(2)11-15(12-21(3,4)27(20)5)24-18-16(13-22)17(25-19(23)26-18)14-9-7-6-8-10-14/h6-10,15H,11-12H2,1-5H3,(H3,23,24,25,26). The molecule has 1 fully saturated rings. The van der Waals surface area contributed by atoms with Crippen LogP contribution >= 0.6 is 0 Å². The van der Waals surface area contributed by atoms with E-state index in [1.807, 2.05) is 30.3 Å². The number of nitrogen functional groups attached to an aromatic ring is 1. The van der Waals surface area contributed by atoms with Gasteiger partial charge in [-0.05, 0) is 47.6 Å². The summed E-state index contributed by atoms with van der Waals surface area (Å²) < 4.78 is 0. The number of nitriles is 1. The van der Waals surface area contributed by atoms with E-state index in [-0.39, 0.29) is 23.1 Å². The van der Waals surface area contributed by atoms with Crippen molar-refractivity contribution in [1.29, 1.82) is 5.26 Å². The average molecular weight is 364 g/mol. The number of nitrogens with one attached hydrogen (secondary N) is 1. The summed E-state index contributed by atoms with van der Waals surface area (Å²) in [5.41, 5.74) is 7.90. The molecule has 6 heteroatoms. The minimum atomic E-state index is 0.0348. The average Bonchev–Trinajstić information content (AvgIpc) is 2.59. The van der Waals surface area contributed by atoms with Gasteiger partial charge in [-0.15, -0.1) is 0 Å². The van der Waals surface area contributed by atoms with E-state index in [4.69, 9.17) is 5.73 Å². The molecular formula is C21H28N6. The van der Waals surface area contributed by atoms with Crippen LogP contribution in [0.5, 0.6) is 0 Å². The third-order valence-corrected chi connectivity index (χ3v) is 5.73. The zero-order valence-corrected chi connectivity index (χ0v) is 16.7. The molecule has 0 bridgehead atoms. The van der Waals surface area contributed by atoms with Crippen molar-refractivity contribution in [3.8, 4) is 17.3 Å². The van der Waals surface area contributed by atoms with Crippen LogP contribution < -0.4 is 11.1 Å². The smallest absolute Gasteiger partial charge is 0.222 e. The van der Waals surface area contributed by atoms with Crippen LogP contribution in [0.25, 0.3) is 11.3 Å². The first-order valence-electron chi connectivity index (χ1n) is 9.27. The van der Waals surface area contributed by atoms with Crippen LogP contribution in [0.2, 0.25) is 0 Å². The molecule has 0 aliphatic carbocycles. The van der Waals surface area contributed by atoms with Gasteiger partial charge in [-0.1, -0.05) is 30.3 Å². The van der Waals surface area contributed by atoms with Gasteiger partial charge in [0.15, 0.2) is 5.82 Å². The summed E-state index contributed by atoms with van der Waals surface area (Å²) in [5.74, 6) is 0.687. The lowest BCUT2D eigenvalue weighted by Crippen LogP contribution is -2.61. The molecule has 1 aromatic heterocycles. The molecule has 0 unspecified atom stereocenters. The molecule has 1 aliphatic rings. The Labute approximate surface area is 161 Å². The number of likely N-dealkylation sites (tertiary alicyclic amines) is 1. The van der Waals surface area contributed by atoms with Gasteiger partial charge in [-0.2, -0.15) is 10.2 Å². The van der Waals surface area contributed by atoms with Gasteiger partial charge in [0.2, 0.25) is 5.95 Å². The molecule has 1 aliphatic heterocycles. The minimum absolute atomic E-state index is 0.0348. The first kappa shape index (κ1) is 19.1. The van der Waals surface area contributed by atoms with Crippen molar-refractivity contribution in [3.05, 3.63) is 35.9 Å². The topological polar surface area (TPSA) is 90.9 Å². The summed E-state index contributed by atoms with van der Waals surface area (Å²) in [6.07, 6.45) is 1.89. The van der Waals surface area contributed by atoms with Crippen LogP contribution in [0.1, 0.15) is 46.1 Å². The number of nitrogens with zero attached hydrogens (tertiary/aromatic N) is 4. The Balaban J connectivity index is 1.99. The summed E-state index contributed by atoms with van der Waals surface area (Å²) >= 11 is 0. The molecule has 3 rings (SSSR count). The highest BCUT2D eigenvalue weighted by Crippen LogP contribution is 2.38. The molecule has 2 heterocycles. The predicted octanol–water partition coefficient (Wildman–Crippen LogP) is 3.66. The van der Waals surface area contributed by atoms with Crippen molar-refractivity contribution in [2.45, 2.75) is 57.7 Å². The summed E-state index contributed by atoms with van der Waals surface area (Å²) in [4.78, 5) is 11.1. The molecule has 0 saturated carbocycles. The van der Waals surface area contributed by atoms with E-state index in [1.165, 1.54) is 0 Å². The fourth-order valence-corrected chi connectivity index (χ4v) is 4.16. The van der Waals surface area contributed by atoms with Gasteiger partial charge in [0.1, 0.15) is 11.6 Å². The molecule has 2 aromatic rings. The molecule has 6 nitrogen and oxygen atoms in total. The van der Waals surface area contributed by atoms with Gasteiger partial charge in [0.05, 0.1) is 5.69 Å². The van der Waals surface area contributed by atoms with E-state index >= 15 is 0 Å². The van der Waals surface area contributed by atoms with Gasteiger partial charge >= 0.3 is 0 Å². The zero-order chi connectivity index (χ0) is 19.8. The number of aromatic nitrogens is 2. The molecule has 0 radical (unpaired) electrons. The minimum Gasteiger partial charge on any atom is -0.368 e. The van der Waals surface area contributed by atoms with Gasteiger partial charge in [0.25, 0.3) is 0 Å². The third kappa shape index (κ3) is 3.74. The second-order valence-electron chi connectivity index (χ2n) is 8.57. The first-order chi connectivity index (χ1) is 12.6. The molecule has 0 spiro atoms.